The fraction of sp³-hybridized carbons (Fsp3) is 0.417. The van der Waals surface area contributed by atoms with Gasteiger partial charge >= 0.3 is 0 Å². The van der Waals surface area contributed by atoms with Gasteiger partial charge in [0.25, 0.3) is 0 Å². The molecule has 20 heavy (non-hydrogen) atoms. The Morgan fingerprint density at radius 3 is 2.70 bits per heavy atom. The second-order valence-electron chi connectivity index (χ2n) is 4.46. The Kier molecular flexibility index (Phi) is 4.83. The summed E-state index contributed by atoms with van der Waals surface area (Å²) in [4.78, 5) is 14.0. The lowest BCUT2D eigenvalue weighted by molar-refractivity contribution is 0.316. The molecule has 1 fully saturated rings. The average molecular weight is 335 g/mol. The van der Waals surface area contributed by atoms with Crippen LogP contribution < -0.4 is 0 Å². The van der Waals surface area contributed by atoms with Gasteiger partial charge in [0.05, 0.1) is 21.0 Å². The highest BCUT2D eigenvalue weighted by molar-refractivity contribution is 7.89. The van der Waals surface area contributed by atoms with Gasteiger partial charge in [0.15, 0.2) is 0 Å². The van der Waals surface area contributed by atoms with Crippen LogP contribution in [0.15, 0.2) is 28.1 Å². The summed E-state index contributed by atoms with van der Waals surface area (Å²) in [6, 6.07) is 3.85. The van der Waals surface area contributed by atoms with E-state index in [1.807, 2.05) is 0 Å². The molecule has 0 radical (unpaired) electrons. The maximum atomic E-state index is 12.5. The molecule has 0 aromatic heterocycles. The molecule has 1 atom stereocenters. The lowest BCUT2D eigenvalue weighted by Gasteiger charge is -2.29. The monoisotopic (exact) mass is 334 g/mol. The van der Waals surface area contributed by atoms with Crippen LogP contribution >= 0.6 is 23.2 Å². The summed E-state index contributed by atoms with van der Waals surface area (Å²) in [6.45, 7) is 0.575. The molecule has 1 heterocycles. The third-order valence-electron chi connectivity index (χ3n) is 3.12. The van der Waals surface area contributed by atoms with E-state index in [0.717, 1.165) is 0 Å². The minimum absolute atomic E-state index is 0.0858. The molecule has 1 unspecified atom stereocenters. The Balaban J connectivity index is 2.29. The quantitative estimate of drug-likeness (QED) is 0.630. The molecule has 1 saturated heterocycles. The van der Waals surface area contributed by atoms with Crippen molar-refractivity contribution in [2.75, 3.05) is 13.1 Å². The summed E-state index contributed by atoms with van der Waals surface area (Å²) in [5, 5.41) is 0.486. The third kappa shape index (κ3) is 3.22. The minimum atomic E-state index is -3.65. The number of hydrogen-bond donors (Lipinski definition) is 0. The van der Waals surface area contributed by atoms with Crippen molar-refractivity contribution in [3.63, 3.8) is 0 Å². The number of isocyanates is 1. The number of rotatable bonds is 3. The predicted octanol–water partition coefficient (Wildman–Crippen LogP) is 2.48. The normalized spacial score (nSPS) is 20.4. The van der Waals surface area contributed by atoms with Crippen LogP contribution in [-0.2, 0) is 14.8 Å². The Morgan fingerprint density at radius 2 is 2.05 bits per heavy atom. The van der Waals surface area contributed by atoms with Crippen molar-refractivity contribution in [1.29, 1.82) is 0 Å². The third-order valence-corrected chi connectivity index (χ3v) is 5.72. The predicted molar refractivity (Wildman–Crippen MR) is 76.4 cm³/mol. The van der Waals surface area contributed by atoms with Gasteiger partial charge < -0.3 is 0 Å². The Bertz CT molecular complexity index is 657. The van der Waals surface area contributed by atoms with Crippen LogP contribution in [0.25, 0.3) is 0 Å². The van der Waals surface area contributed by atoms with Crippen LogP contribution in [-0.4, -0.2) is 37.9 Å². The van der Waals surface area contributed by atoms with Gasteiger partial charge in [-0.1, -0.05) is 23.2 Å². The van der Waals surface area contributed by atoms with Crippen molar-refractivity contribution in [3.8, 4) is 0 Å². The Labute approximate surface area is 127 Å². The largest absolute Gasteiger partial charge is 0.243 e. The number of piperidine rings is 1. The molecule has 1 aromatic carbocycles. The van der Waals surface area contributed by atoms with Crippen molar-refractivity contribution >= 4 is 39.3 Å². The summed E-state index contributed by atoms with van der Waals surface area (Å²) in [5.74, 6) is 0. The molecule has 1 aromatic rings. The summed E-state index contributed by atoms with van der Waals surface area (Å²) < 4.78 is 26.3. The maximum absolute atomic E-state index is 12.5. The number of carbonyl (C=O) groups excluding carboxylic acids is 1. The van der Waals surface area contributed by atoms with Crippen molar-refractivity contribution in [2.45, 2.75) is 23.8 Å². The van der Waals surface area contributed by atoms with E-state index in [1.54, 1.807) is 0 Å². The number of nitrogens with zero attached hydrogens (tertiary/aromatic N) is 2. The Hall–Kier alpha value is -0.910. The summed E-state index contributed by atoms with van der Waals surface area (Å²) >= 11 is 11.6. The first-order chi connectivity index (χ1) is 9.45. The summed E-state index contributed by atoms with van der Waals surface area (Å²) in [7, 11) is -3.65. The minimum Gasteiger partial charge on any atom is -0.211 e. The molecule has 108 valence electrons. The van der Waals surface area contributed by atoms with Gasteiger partial charge in [0.2, 0.25) is 16.1 Å². The van der Waals surface area contributed by atoms with Crippen molar-refractivity contribution in [1.82, 2.24) is 4.31 Å². The van der Waals surface area contributed by atoms with Gasteiger partial charge in [-0.15, -0.1) is 0 Å². The maximum Gasteiger partial charge on any atom is 0.243 e. The van der Waals surface area contributed by atoms with Crippen molar-refractivity contribution in [2.24, 2.45) is 4.99 Å². The zero-order valence-corrected chi connectivity index (χ0v) is 12.7. The van der Waals surface area contributed by atoms with E-state index in [2.05, 4.69) is 4.99 Å². The molecule has 1 aliphatic heterocycles. The van der Waals surface area contributed by atoms with E-state index in [0.29, 0.717) is 24.4 Å². The number of halogens is 2. The topological polar surface area (TPSA) is 66.8 Å². The van der Waals surface area contributed by atoms with Gasteiger partial charge in [-0.3, -0.25) is 0 Å². The van der Waals surface area contributed by atoms with Gasteiger partial charge in [-0.2, -0.15) is 4.31 Å². The summed E-state index contributed by atoms with van der Waals surface area (Å²) in [6.07, 6.45) is 2.81. The molecule has 0 amide bonds. The standard InChI is InChI=1S/C12H12Cl2N2O3S/c13-11-4-3-10(6-12(11)14)20(18,19)16-5-1-2-9(7-16)15-8-17/h3-4,6,9H,1-2,5,7H2. The first kappa shape index (κ1) is 15.5. The van der Waals surface area contributed by atoms with Crippen molar-refractivity contribution < 1.29 is 13.2 Å². The second kappa shape index (κ2) is 6.24. The average Bonchev–Trinajstić information content (AvgIpc) is 2.42. The molecule has 0 saturated carbocycles. The second-order valence-corrected chi connectivity index (χ2v) is 7.21. The number of sulfonamides is 1. The van der Waals surface area contributed by atoms with E-state index in [-0.39, 0.29) is 22.5 Å². The van der Waals surface area contributed by atoms with Crippen LogP contribution in [0.3, 0.4) is 0 Å². The molecule has 5 nitrogen and oxygen atoms in total. The number of hydrogen-bond acceptors (Lipinski definition) is 4. The van der Waals surface area contributed by atoms with Gasteiger partial charge in [-0.25, -0.2) is 18.2 Å². The molecule has 0 spiro atoms. The summed E-state index contributed by atoms with van der Waals surface area (Å²) in [5.41, 5.74) is 0. The lowest BCUT2D eigenvalue weighted by Crippen LogP contribution is -2.41. The van der Waals surface area contributed by atoms with E-state index in [9.17, 15) is 13.2 Å². The fourth-order valence-corrected chi connectivity index (χ4v) is 4.01. The van der Waals surface area contributed by atoms with Crippen LogP contribution in [0.5, 0.6) is 0 Å². The Morgan fingerprint density at radius 1 is 1.30 bits per heavy atom. The number of aliphatic imine (C=N–C) groups is 1. The van der Waals surface area contributed by atoms with E-state index < -0.39 is 10.0 Å². The molecule has 0 N–H and O–H groups in total. The van der Waals surface area contributed by atoms with E-state index in [1.165, 1.54) is 28.6 Å². The fourth-order valence-electron chi connectivity index (χ4n) is 2.11. The molecule has 0 aliphatic carbocycles. The zero-order chi connectivity index (χ0) is 14.8. The molecular weight excluding hydrogens is 323 g/mol. The smallest absolute Gasteiger partial charge is 0.211 e. The van der Waals surface area contributed by atoms with E-state index in [4.69, 9.17) is 23.2 Å². The van der Waals surface area contributed by atoms with Crippen LogP contribution in [0.4, 0.5) is 0 Å². The van der Waals surface area contributed by atoms with E-state index >= 15 is 0 Å². The highest BCUT2D eigenvalue weighted by Gasteiger charge is 2.30. The van der Waals surface area contributed by atoms with Crippen LogP contribution in [0.2, 0.25) is 10.0 Å². The first-order valence-corrected chi connectivity index (χ1v) is 8.17. The highest BCUT2D eigenvalue weighted by Crippen LogP contribution is 2.28. The molecule has 8 heteroatoms. The highest BCUT2D eigenvalue weighted by atomic mass is 35.5. The lowest BCUT2D eigenvalue weighted by atomic mass is 10.1. The molecular formula is C12H12Cl2N2O3S. The molecule has 0 bridgehead atoms. The van der Waals surface area contributed by atoms with Crippen LogP contribution in [0.1, 0.15) is 12.8 Å². The van der Waals surface area contributed by atoms with Gasteiger partial charge in [0.1, 0.15) is 0 Å². The molecule has 1 aliphatic rings. The van der Waals surface area contributed by atoms with Gasteiger partial charge in [0, 0.05) is 13.1 Å². The molecule has 2 rings (SSSR count). The first-order valence-electron chi connectivity index (χ1n) is 5.97. The van der Waals surface area contributed by atoms with Crippen molar-refractivity contribution in [3.05, 3.63) is 28.2 Å². The zero-order valence-electron chi connectivity index (χ0n) is 10.4. The number of benzene rings is 1. The van der Waals surface area contributed by atoms with Gasteiger partial charge in [-0.05, 0) is 31.0 Å². The SMILES string of the molecule is O=C=NC1CCCN(S(=O)(=O)c2ccc(Cl)c(Cl)c2)C1. The van der Waals surface area contributed by atoms with Crippen LogP contribution in [0, 0.1) is 0 Å².